The molecule has 1 atom stereocenters. The van der Waals surface area contributed by atoms with Crippen LogP contribution < -0.4 is 19.1 Å². The molecule has 0 aliphatic carbocycles. The molecule has 4 heterocycles. The first-order valence-electron chi connectivity index (χ1n) is 10.6. The molecule has 0 fully saturated rings. The van der Waals surface area contributed by atoms with E-state index < -0.39 is 0 Å². The van der Waals surface area contributed by atoms with E-state index in [4.69, 9.17) is 18.6 Å². The van der Waals surface area contributed by atoms with Gasteiger partial charge in [0.15, 0.2) is 11.5 Å². The van der Waals surface area contributed by atoms with E-state index >= 15 is 0 Å². The molecule has 4 aromatic rings. The summed E-state index contributed by atoms with van der Waals surface area (Å²) in [7, 11) is 0. The van der Waals surface area contributed by atoms with Gasteiger partial charge < -0.3 is 23.5 Å². The maximum absolute atomic E-state index is 6.17. The molecular formula is C25H19N3O4. The summed E-state index contributed by atoms with van der Waals surface area (Å²) in [6, 6.07) is 22.3. The van der Waals surface area contributed by atoms with E-state index in [9.17, 15) is 0 Å². The SMILES string of the molecule is c1ccc(-c2nnc(CN3CC4(COc5cc6c(cc54)OCO6)c4ccccc43)o2)cc1. The minimum Gasteiger partial charge on any atom is -0.492 e. The summed E-state index contributed by atoms with van der Waals surface area (Å²) in [6.07, 6.45) is 0. The Hall–Kier alpha value is -4.00. The van der Waals surface area contributed by atoms with Crippen LogP contribution in [0.5, 0.6) is 17.2 Å². The first-order chi connectivity index (χ1) is 15.8. The third-order valence-corrected chi connectivity index (χ3v) is 6.50. The van der Waals surface area contributed by atoms with Gasteiger partial charge in [0.1, 0.15) is 12.4 Å². The molecule has 7 heteroatoms. The van der Waals surface area contributed by atoms with Crippen LogP contribution in [-0.2, 0) is 12.0 Å². The minimum absolute atomic E-state index is 0.245. The molecule has 0 bridgehead atoms. The van der Waals surface area contributed by atoms with Crippen molar-refractivity contribution in [1.29, 1.82) is 0 Å². The molecule has 3 aliphatic rings. The lowest BCUT2D eigenvalue weighted by Gasteiger charge is -2.24. The van der Waals surface area contributed by atoms with E-state index in [1.165, 1.54) is 5.56 Å². The van der Waals surface area contributed by atoms with Crippen molar-refractivity contribution in [2.45, 2.75) is 12.0 Å². The Balaban J connectivity index is 1.25. The van der Waals surface area contributed by atoms with Gasteiger partial charge in [0.2, 0.25) is 18.6 Å². The summed E-state index contributed by atoms with van der Waals surface area (Å²) in [4.78, 5) is 2.29. The zero-order chi connectivity index (χ0) is 21.1. The fraction of sp³-hybridized carbons (Fsp3) is 0.200. The smallest absolute Gasteiger partial charge is 0.247 e. The first kappa shape index (κ1) is 17.7. The van der Waals surface area contributed by atoms with Crippen LogP contribution in [0.3, 0.4) is 0 Å². The van der Waals surface area contributed by atoms with Gasteiger partial charge in [-0.05, 0) is 29.8 Å². The Morgan fingerprint density at radius 3 is 2.53 bits per heavy atom. The highest BCUT2D eigenvalue weighted by molar-refractivity contribution is 5.70. The zero-order valence-electron chi connectivity index (χ0n) is 17.2. The maximum Gasteiger partial charge on any atom is 0.247 e. The number of benzene rings is 3. The van der Waals surface area contributed by atoms with Crippen molar-refractivity contribution in [3.8, 4) is 28.7 Å². The van der Waals surface area contributed by atoms with E-state index in [0.29, 0.717) is 24.9 Å². The molecule has 1 unspecified atom stereocenters. The van der Waals surface area contributed by atoms with Gasteiger partial charge in [-0.3, -0.25) is 0 Å². The van der Waals surface area contributed by atoms with Gasteiger partial charge in [0.25, 0.3) is 0 Å². The lowest BCUT2D eigenvalue weighted by Crippen LogP contribution is -2.35. The number of fused-ring (bicyclic) bond motifs is 5. The molecule has 7 rings (SSSR count). The molecular weight excluding hydrogens is 406 g/mol. The number of anilines is 1. The number of aromatic nitrogens is 2. The van der Waals surface area contributed by atoms with Crippen LogP contribution in [-0.4, -0.2) is 30.1 Å². The first-order valence-corrected chi connectivity index (χ1v) is 10.6. The van der Waals surface area contributed by atoms with Crippen LogP contribution >= 0.6 is 0 Å². The second-order valence-electron chi connectivity index (χ2n) is 8.31. The van der Waals surface area contributed by atoms with Crippen molar-refractivity contribution in [1.82, 2.24) is 10.2 Å². The third kappa shape index (κ3) is 2.48. The van der Waals surface area contributed by atoms with Crippen LogP contribution in [0.25, 0.3) is 11.5 Å². The quantitative estimate of drug-likeness (QED) is 0.488. The highest BCUT2D eigenvalue weighted by Gasteiger charge is 2.50. The molecule has 3 aromatic carbocycles. The summed E-state index contributed by atoms with van der Waals surface area (Å²) in [5, 5.41) is 8.56. The molecule has 1 aromatic heterocycles. The van der Waals surface area contributed by atoms with Gasteiger partial charge in [-0.2, -0.15) is 0 Å². The zero-order valence-corrected chi connectivity index (χ0v) is 17.2. The van der Waals surface area contributed by atoms with Gasteiger partial charge >= 0.3 is 0 Å². The normalized spacial score (nSPS) is 19.8. The molecule has 0 N–H and O–H groups in total. The molecule has 0 saturated heterocycles. The Morgan fingerprint density at radius 1 is 0.812 bits per heavy atom. The van der Waals surface area contributed by atoms with Crippen LogP contribution in [0.2, 0.25) is 0 Å². The predicted molar refractivity (Wildman–Crippen MR) is 116 cm³/mol. The predicted octanol–water partition coefficient (Wildman–Crippen LogP) is 4.16. The maximum atomic E-state index is 6.17. The van der Waals surface area contributed by atoms with Crippen molar-refractivity contribution in [2.75, 3.05) is 24.8 Å². The van der Waals surface area contributed by atoms with Crippen LogP contribution in [0, 0.1) is 0 Å². The fourth-order valence-corrected chi connectivity index (χ4v) is 5.02. The highest BCUT2D eigenvalue weighted by atomic mass is 16.7. The molecule has 7 nitrogen and oxygen atoms in total. The Kier molecular flexibility index (Phi) is 3.59. The molecule has 3 aliphatic heterocycles. The van der Waals surface area contributed by atoms with Crippen molar-refractivity contribution >= 4 is 5.69 Å². The number of hydrogen-bond donors (Lipinski definition) is 0. The number of hydrogen-bond acceptors (Lipinski definition) is 7. The van der Waals surface area contributed by atoms with Gasteiger partial charge in [0.05, 0.1) is 12.0 Å². The van der Waals surface area contributed by atoms with Crippen molar-refractivity contribution in [3.05, 3.63) is 83.7 Å². The summed E-state index contributed by atoms with van der Waals surface area (Å²) in [5.41, 5.74) is 4.15. The lowest BCUT2D eigenvalue weighted by atomic mass is 9.77. The molecule has 32 heavy (non-hydrogen) atoms. The van der Waals surface area contributed by atoms with Crippen LogP contribution in [0.15, 0.2) is 71.1 Å². The lowest BCUT2D eigenvalue weighted by molar-refractivity contribution is 0.173. The van der Waals surface area contributed by atoms with Gasteiger partial charge in [-0.1, -0.05) is 36.4 Å². The molecule has 0 radical (unpaired) electrons. The van der Waals surface area contributed by atoms with Crippen molar-refractivity contribution in [3.63, 3.8) is 0 Å². The summed E-state index contributed by atoms with van der Waals surface area (Å²) < 4.78 is 23.4. The van der Waals surface area contributed by atoms with E-state index in [-0.39, 0.29) is 12.2 Å². The number of ether oxygens (including phenoxy) is 3. The van der Waals surface area contributed by atoms with E-state index in [0.717, 1.165) is 40.6 Å². The minimum atomic E-state index is -0.283. The molecule has 0 saturated carbocycles. The average Bonchev–Trinajstić information content (AvgIpc) is 3.61. The average molecular weight is 425 g/mol. The summed E-state index contributed by atoms with van der Waals surface area (Å²) in [6.45, 7) is 2.09. The van der Waals surface area contributed by atoms with Gasteiger partial charge in [0, 0.05) is 29.4 Å². The van der Waals surface area contributed by atoms with Crippen molar-refractivity contribution < 1.29 is 18.6 Å². The summed E-state index contributed by atoms with van der Waals surface area (Å²) >= 11 is 0. The Bertz CT molecular complexity index is 1340. The fourth-order valence-electron chi connectivity index (χ4n) is 5.02. The summed E-state index contributed by atoms with van der Waals surface area (Å²) in [5.74, 6) is 3.48. The topological polar surface area (TPSA) is 69.9 Å². The van der Waals surface area contributed by atoms with Crippen LogP contribution in [0.1, 0.15) is 17.0 Å². The number of para-hydroxylation sites is 1. The largest absolute Gasteiger partial charge is 0.492 e. The van der Waals surface area contributed by atoms with Gasteiger partial charge in [-0.15, -0.1) is 10.2 Å². The van der Waals surface area contributed by atoms with E-state index in [2.05, 4.69) is 45.4 Å². The second-order valence-corrected chi connectivity index (χ2v) is 8.31. The van der Waals surface area contributed by atoms with E-state index in [1.807, 2.05) is 36.4 Å². The molecule has 158 valence electrons. The molecule has 0 amide bonds. The Labute approximate surface area is 184 Å². The molecule has 1 spiro atoms. The van der Waals surface area contributed by atoms with Gasteiger partial charge in [-0.25, -0.2) is 0 Å². The monoisotopic (exact) mass is 425 g/mol. The van der Waals surface area contributed by atoms with Crippen molar-refractivity contribution in [2.24, 2.45) is 0 Å². The standard InChI is InChI=1S/C25H19N3O4/c1-2-6-16(7-3-1)24-27-26-23(32-24)12-28-13-25(17-8-4-5-9-19(17)28)14-29-20-11-22-21(10-18(20)25)30-15-31-22/h1-11H,12-15H2. The van der Waals surface area contributed by atoms with E-state index in [1.54, 1.807) is 0 Å². The second kappa shape index (κ2) is 6.50. The number of nitrogens with zero attached hydrogens (tertiary/aromatic N) is 3. The highest BCUT2D eigenvalue weighted by Crippen LogP contribution is 2.54. The van der Waals surface area contributed by atoms with Crippen LogP contribution in [0.4, 0.5) is 5.69 Å². The Morgan fingerprint density at radius 2 is 1.62 bits per heavy atom. The number of rotatable bonds is 3. The third-order valence-electron chi connectivity index (χ3n) is 6.50.